The number of carbonyl (C=O) groups is 2. The van der Waals surface area contributed by atoms with Crippen molar-refractivity contribution in [3.05, 3.63) is 70.9 Å². The van der Waals surface area contributed by atoms with E-state index in [1.54, 1.807) is 12.1 Å². The van der Waals surface area contributed by atoms with Gasteiger partial charge in [-0.2, -0.15) is 0 Å². The van der Waals surface area contributed by atoms with Gasteiger partial charge in [0.05, 0.1) is 29.8 Å². The number of aromatic nitrogens is 1. The van der Waals surface area contributed by atoms with Crippen LogP contribution in [0.25, 0.3) is 11.3 Å². The molecular formula is C32H36ClN3O5. The number of benzene rings is 2. The third kappa shape index (κ3) is 5.99. The number of hydrogen-bond donors (Lipinski definition) is 0. The van der Waals surface area contributed by atoms with Crippen LogP contribution in [0.5, 0.6) is 5.75 Å². The molecule has 9 heteroatoms. The van der Waals surface area contributed by atoms with Gasteiger partial charge in [-0.3, -0.25) is 9.59 Å². The predicted octanol–water partition coefficient (Wildman–Crippen LogP) is 6.10. The van der Waals surface area contributed by atoms with Crippen LogP contribution in [0.3, 0.4) is 0 Å². The van der Waals surface area contributed by atoms with Gasteiger partial charge >= 0.3 is 0 Å². The minimum Gasteiger partial charge on any atom is -0.492 e. The van der Waals surface area contributed by atoms with Gasteiger partial charge in [-0.1, -0.05) is 47.4 Å². The number of halogens is 1. The molecule has 41 heavy (non-hydrogen) atoms. The number of hydrogen-bond acceptors (Lipinski definition) is 6. The van der Waals surface area contributed by atoms with Crippen molar-refractivity contribution in [3.63, 3.8) is 0 Å². The molecule has 2 amide bonds. The summed E-state index contributed by atoms with van der Waals surface area (Å²) in [5.74, 6) is 0.978. The fourth-order valence-corrected chi connectivity index (χ4v) is 6.56. The summed E-state index contributed by atoms with van der Waals surface area (Å²) >= 11 is 6.30. The Morgan fingerprint density at radius 2 is 1.73 bits per heavy atom. The number of rotatable bonds is 2. The lowest BCUT2D eigenvalue weighted by Crippen LogP contribution is -2.46. The highest BCUT2D eigenvalue weighted by atomic mass is 35.5. The molecule has 3 aliphatic heterocycles. The maximum absolute atomic E-state index is 13.5. The van der Waals surface area contributed by atoms with E-state index in [1.165, 1.54) is 0 Å². The maximum Gasteiger partial charge on any atom is 0.276 e. The molecule has 2 aromatic carbocycles. The maximum atomic E-state index is 13.5. The number of nitrogens with zero attached hydrogens (tertiary/aromatic N) is 3. The molecule has 0 bridgehead atoms. The molecule has 3 aromatic rings. The second-order valence-electron chi connectivity index (χ2n) is 11.5. The van der Waals surface area contributed by atoms with Gasteiger partial charge < -0.3 is 23.8 Å². The second-order valence-corrected chi connectivity index (χ2v) is 11.9. The molecule has 0 radical (unpaired) electrons. The average molecular weight is 578 g/mol. The van der Waals surface area contributed by atoms with E-state index in [2.05, 4.69) is 5.16 Å². The fourth-order valence-electron chi connectivity index (χ4n) is 6.33. The van der Waals surface area contributed by atoms with Crippen LogP contribution in [-0.2, 0) is 4.74 Å². The van der Waals surface area contributed by atoms with Crippen LogP contribution in [0.15, 0.2) is 59.1 Å². The quantitative estimate of drug-likeness (QED) is 0.366. The largest absolute Gasteiger partial charge is 0.492 e. The van der Waals surface area contributed by atoms with E-state index in [1.807, 2.05) is 52.3 Å². The summed E-state index contributed by atoms with van der Waals surface area (Å²) in [4.78, 5) is 30.7. The normalized spacial score (nSPS) is 21.6. The first-order chi connectivity index (χ1) is 20.0. The summed E-state index contributed by atoms with van der Waals surface area (Å²) in [5.41, 5.74) is 1.50. The standard InChI is InChI=1S/C32H36ClN3O5/c33-26-11-3-1-9-24(26)29-20-27(34-41-29)31(38)35-17-14-32(15-18-35)13-5-6-19-39-21-23-8-7-16-36(23)30(37)25-10-2-4-12-28(25)40-22-32/h1-4,9-12,20,23H,5-8,13-19,21-22H2/t23-/m0/s1. The monoisotopic (exact) mass is 577 g/mol. The van der Waals surface area contributed by atoms with Crippen molar-refractivity contribution in [2.24, 2.45) is 5.41 Å². The summed E-state index contributed by atoms with van der Waals surface area (Å²) < 4.78 is 18.0. The number of amides is 2. The highest BCUT2D eigenvalue weighted by Crippen LogP contribution is 2.39. The van der Waals surface area contributed by atoms with E-state index in [0.29, 0.717) is 60.6 Å². The van der Waals surface area contributed by atoms with Crippen molar-refractivity contribution in [3.8, 4) is 17.1 Å². The second kappa shape index (κ2) is 12.2. The van der Waals surface area contributed by atoms with E-state index in [9.17, 15) is 9.59 Å². The van der Waals surface area contributed by atoms with Crippen LogP contribution < -0.4 is 4.74 Å². The van der Waals surface area contributed by atoms with Crippen LogP contribution >= 0.6 is 11.6 Å². The third-order valence-corrected chi connectivity index (χ3v) is 9.15. The first-order valence-corrected chi connectivity index (χ1v) is 15.0. The minimum absolute atomic E-state index is 0.0157. The molecule has 6 rings (SSSR count). The zero-order chi connectivity index (χ0) is 28.2. The first-order valence-electron chi connectivity index (χ1n) is 14.6. The fraction of sp³-hybridized carbons (Fsp3) is 0.469. The SMILES string of the molecule is O=C(c1cc(-c2ccccc2Cl)on1)N1CCC2(CCCCOC[C@@H]3CCCN3C(=O)c3ccccc3OC2)CC1. The molecule has 0 saturated carbocycles. The lowest BCUT2D eigenvalue weighted by Gasteiger charge is -2.41. The Hall–Kier alpha value is -3.36. The van der Waals surface area contributed by atoms with Gasteiger partial charge in [-0.05, 0) is 62.8 Å². The molecule has 4 heterocycles. The lowest BCUT2D eigenvalue weighted by molar-refractivity contribution is 0.0299. The highest BCUT2D eigenvalue weighted by Gasteiger charge is 2.38. The predicted molar refractivity (Wildman–Crippen MR) is 155 cm³/mol. The van der Waals surface area contributed by atoms with Gasteiger partial charge in [0.2, 0.25) is 0 Å². The smallest absolute Gasteiger partial charge is 0.276 e. The van der Waals surface area contributed by atoms with Crippen molar-refractivity contribution < 1.29 is 23.6 Å². The Bertz CT molecular complexity index is 1380. The van der Waals surface area contributed by atoms with Gasteiger partial charge in [-0.15, -0.1) is 0 Å². The van der Waals surface area contributed by atoms with Gasteiger partial charge in [0.15, 0.2) is 11.5 Å². The number of fused-ring (bicyclic) bond motifs is 2. The van der Waals surface area contributed by atoms with Gasteiger partial charge in [-0.25, -0.2) is 0 Å². The van der Waals surface area contributed by atoms with Crippen LogP contribution in [0.1, 0.15) is 65.8 Å². The first kappa shape index (κ1) is 27.8. The topological polar surface area (TPSA) is 85.1 Å². The van der Waals surface area contributed by atoms with Gasteiger partial charge in [0.1, 0.15) is 5.75 Å². The van der Waals surface area contributed by atoms with E-state index >= 15 is 0 Å². The summed E-state index contributed by atoms with van der Waals surface area (Å²) in [7, 11) is 0. The Morgan fingerprint density at radius 3 is 2.56 bits per heavy atom. The van der Waals surface area contributed by atoms with E-state index in [0.717, 1.165) is 51.5 Å². The van der Waals surface area contributed by atoms with Crippen molar-refractivity contribution in [1.29, 1.82) is 0 Å². The van der Waals surface area contributed by atoms with E-state index in [-0.39, 0.29) is 29.0 Å². The van der Waals surface area contributed by atoms with Crippen molar-refractivity contribution in [2.75, 3.05) is 39.5 Å². The molecule has 2 saturated heterocycles. The third-order valence-electron chi connectivity index (χ3n) is 8.83. The molecule has 0 aliphatic carbocycles. The Morgan fingerprint density at radius 1 is 0.951 bits per heavy atom. The van der Waals surface area contributed by atoms with Gasteiger partial charge in [0.25, 0.3) is 11.8 Å². The number of ether oxygens (including phenoxy) is 2. The van der Waals surface area contributed by atoms with Crippen LogP contribution in [-0.4, -0.2) is 72.3 Å². The number of carbonyl (C=O) groups excluding carboxylic acids is 2. The molecule has 216 valence electrons. The minimum atomic E-state index is -0.145. The summed E-state index contributed by atoms with van der Waals surface area (Å²) in [6.45, 7) is 3.73. The van der Waals surface area contributed by atoms with Crippen LogP contribution in [0.4, 0.5) is 0 Å². The lowest BCUT2D eigenvalue weighted by atomic mass is 9.75. The Labute approximate surface area is 245 Å². The van der Waals surface area contributed by atoms with Crippen molar-refractivity contribution in [2.45, 2.75) is 51.0 Å². The number of para-hydroxylation sites is 1. The molecule has 1 atom stereocenters. The number of piperidine rings is 1. The molecule has 8 nitrogen and oxygen atoms in total. The van der Waals surface area contributed by atoms with E-state index in [4.69, 9.17) is 25.6 Å². The van der Waals surface area contributed by atoms with Crippen molar-refractivity contribution >= 4 is 23.4 Å². The highest BCUT2D eigenvalue weighted by molar-refractivity contribution is 6.33. The number of likely N-dealkylation sites (tertiary alicyclic amines) is 1. The van der Waals surface area contributed by atoms with Gasteiger partial charge in [0, 0.05) is 43.3 Å². The molecule has 1 aromatic heterocycles. The molecule has 0 unspecified atom stereocenters. The summed E-state index contributed by atoms with van der Waals surface area (Å²) in [6.07, 6.45) is 6.55. The molecule has 3 aliphatic rings. The Kier molecular flexibility index (Phi) is 8.30. The molecular weight excluding hydrogens is 542 g/mol. The zero-order valence-electron chi connectivity index (χ0n) is 23.2. The zero-order valence-corrected chi connectivity index (χ0v) is 24.0. The molecule has 2 fully saturated rings. The van der Waals surface area contributed by atoms with Crippen molar-refractivity contribution in [1.82, 2.24) is 15.0 Å². The van der Waals surface area contributed by atoms with Crippen LogP contribution in [0.2, 0.25) is 5.02 Å². The summed E-state index contributed by atoms with van der Waals surface area (Å²) in [5, 5.41) is 4.60. The van der Waals surface area contributed by atoms with E-state index < -0.39 is 0 Å². The summed E-state index contributed by atoms with van der Waals surface area (Å²) in [6, 6.07) is 16.7. The average Bonchev–Trinajstić information content (AvgIpc) is 3.68. The molecule has 1 spiro atoms. The Balaban J connectivity index is 1.16. The molecule has 0 N–H and O–H groups in total. The van der Waals surface area contributed by atoms with Crippen LogP contribution in [0, 0.1) is 5.41 Å².